The van der Waals surface area contributed by atoms with Crippen LogP contribution in [0, 0.1) is 18.7 Å². The van der Waals surface area contributed by atoms with E-state index in [1.54, 1.807) is 19.2 Å². The third kappa shape index (κ3) is 4.82. The van der Waals surface area contributed by atoms with E-state index in [4.69, 9.17) is 11.6 Å². The fourth-order valence-electron chi connectivity index (χ4n) is 4.81. The number of anilines is 1. The maximum Gasteiger partial charge on any atom is 0.236 e. The topological polar surface area (TPSA) is 56.8 Å². The molecular formula is C28H30ClFN4O2. The highest BCUT2D eigenvalue weighted by Gasteiger charge is 2.34. The Morgan fingerprint density at radius 3 is 2.44 bits per heavy atom. The van der Waals surface area contributed by atoms with Crippen molar-refractivity contribution in [3.63, 3.8) is 0 Å². The Hall–Kier alpha value is -3.03. The summed E-state index contributed by atoms with van der Waals surface area (Å²) >= 11 is 6.28. The van der Waals surface area contributed by atoms with Crippen LogP contribution >= 0.6 is 11.6 Å². The van der Waals surface area contributed by atoms with Crippen molar-refractivity contribution in [3.05, 3.63) is 58.5 Å². The number of carbonyl (C=O) groups is 2. The first-order valence-corrected chi connectivity index (χ1v) is 12.7. The molecule has 188 valence electrons. The molecule has 1 aromatic heterocycles. The van der Waals surface area contributed by atoms with Crippen molar-refractivity contribution < 1.29 is 14.0 Å². The Labute approximate surface area is 215 Å². The summed E-state index contributed by atoms with van der Waals surface area (Å²) in [5.41, 5.74) is 4.16. The van der Waals surface area contributed by atoms with Crippen LogP contribution in [-0.2, 0) is 4.79 Å². The SMILES string of the molecule is Cc1c(F)cc(-c2ccc3ncc(C(=O)C4CC4)c(N4CCN(C(=O)CN(C)C)CC4)c3c2)cc1Cl. The van der Waals surface area contributed by atoms with E-state index in [1.807, 2.05) is 42.1 Å². The van der Waals surface area contributed by atoms with Gasteiger partial charge in [-0.3, -0.25) is 14.6 Å². The predicted molar refractivity (Wildman–Crippen MR) is 141 cm³/mol. The van der Waals surface area contributed by atoms with E-state index in [9.17, 15) is 14.0 Å². The number of Topliss-reactive ketones (excluding diaryl/α,β-unsaturated/α-hetero) is 1. The molecule has 1 saturated carbocycles. The average Bonchev–Trinajstić information content (AvgIpc) is 3.71. The number of carbonyl (C=O) groups excluding carboxylic acids is 2. The number of amides is 1. The number of fused-ring (bicyclic) bond motifs is 1. The van der Waals surface area contributed by atoms with Crippen LogP contribution in [0.25, 0.3) is 22.0 Å². The van der Waals surface area contributed by atoms with Gasteiger partial charge in [-0.1, -0.05) is 17.7 Å². The summed E-state index contributed by atoms with van der Waals surface area (Å²) in [5.74, 6) is -0.0688. The number of halogens is 2. The molecule has 2 fully saturated rings. The number of aromatic nitrogens is 1. The van der Waals surface area contributed by atoms with Gasteiger partial charge in [0.2, 0.25) is 5.91 Å². The first kappa shape index (κ1) is 24.7. The number of hydrogen-bond donors (Lipinski definition) is 0. The zero-order valence-electron chi connectivity index (χ0n) is 20.9. The van der Waals surface area contributed by atoms with Gasteiger partial charge in [-0.15, -0.1) is 0 Å². The lowest BCUT2D eigenvalue weighted by molar-refractivity contribution is -0.132. The number of nitrogens with zero attached hydrogens (tertiary/aromatic N) is 4. The van der Waals surface area contributed by atoms with Crippen LogP contribution in [0.1, 0.15) is 28.8 Å². The molecule has 3 aromatic rings. The van der Waals surface area contributed by atoms with Gasteiger partial charge in [0.1, 0.15) is 5.82 Å². The quantitative estimate of drug-likeness (QED) is 0.447. The van der Waals surface area contributed by atoms with Gasteiger partial charge in [-0.2, -0.15) is 0 Å². The molecule has 1 aliphatic carbocycles. The molecule has 0 unspecified atom stereocenters. The van der Waals surface area contributed by atoms with Gasteiger partial charge in [0.25, 0.3) is 0 Å². The van der Waals surface area contributed by atoms with Crippen LogP contribution in [0.3, 0.4) is 0 Å². The zero-order chi connectivity index (χ0) is 25.6. The van der Waals surface area contributed by atoms with Crippen LogP contribution in [0.15, 0.2) is 36.5 Å². The first-order chi connectivity index (χ1) is 17.2. The summed E-state index contributed by atoms with van der Waals surface area (Å²) in [4.78, 5) is 36.4. The standard InChI is InChI=1S/C28H30ClFN4O2/c1-17-23(29)13-20(14-24(17)30)19-6-7-25-21(12-19)27(22(15-31-25)28(36)18-4-5-18)34-10-8-33(9-11-34)26(35)16-32(2)3/h6-7,12-15,18H,4-5,8-11,16H2,1-3H3. The number of hydrogen-bond acceptors (Lipinski definition) is 5. The number of benzene rings is 2. The second-order valence-electron chi connectivity index (χ2n) is 10.1. The number of piperazine rings is 1. The monoisotopic (exact) mass is 508 g/mol. The normalized spacial score (nSPS) is 16.2. The van der Waals surface area contributed by atoms with Gasteiger partial charge in [0.05, 0.1) is 23.3 Å². The van der Waals surface area contributed by atoms with Crippen LogP contribution in [-0.4, -0.2) is 73.3 Å². The molecule has 0 atom stereocenters. The Morgan fingerprint density at radius 1 is 1.08 bits per heavy atom. The van der Waals surface area contributed by atoms with Crippen molar-refractivity contribution in [1.82, 2.24) is 14.8 Å². The molecular weight excluding hydrogens is 479 g/mol. The third-order valence-electron chi connectivity index (χ3n) is 7.07. The maximum absolute atomic E-state index is 14.5. The molecule has 36 heavy (non-hydrogen) atoms. The van der Waals surface area contributed by atoms with Gasteiger partial charge in [-0.05, 0) is 69.3 Å². The van der Waals surface area contributed by atoms with Crippen molar-refractivity contribution in [2.75, 3.05) is 51.7 Å². The average molecular weight is 509 g/mol. The van der Waals surface area contributed by atoms with Crippen LogP contribution in [0.2, 0.25) is 5.02 Å². The summed E-state index contributed by atoms with van der Waals surface area (Å²) in [6.07, 6.45) is 3.51. The number of rotatable bonds is 6. The fourth-order valence-corrected chi connectivity index (χ4v) is 5.01. The highest BCUT2D eigenvalue weighted by Crippen LogP contribution is 2.39. The smallest absolute Gasteiger partial charge is 0.236 e. The van der Waals surface area contributed by atoms with E-state index in [0.29, 0.717) is 54.4 Å². The van der Waals surface area contributed by atoms with Gasteiger partial charge in [0, 0.05) is 54.3 Å². The minimum absolute atomic E-state index is 0.0548. The van der Waals surface area contributed by atoms with E-state index in [1.165, 1.54) is 6.07 Å². The summed E-state index contributed by atoms with van der Waals surface area (Å²) in [6, 6.07) is 9.04. The lowest BCUT2D eigenvalue weighted by Gasteiger charge is -2.37. The van der Waals surface area contributed by atoms with Crippen LogP contribution in [0.5, 0.6) is 0 Å². The summed E-state index contributed by atoms with van der Waals surface area (Å²) in [7, 11) is 3.77. The lowest BCUT2D eigenvalue weighted by Crippen LogP contribution is -2.51. The van der Waals surface area contributed by atoms with Crippen molar-refractivity contribution in [2.45, 2.75) is 19.8 Å². The molecule has 2 heterocycles. The van der Waals surface area contributed by atoms with E-state index >= 15 is 0 Å². The third-order valence-corrected chi connectivity index (χ3v) is 7.46. The van der Waals surface area contributed by atoms with Gasteiger partial charge in [0.15, 0.2) is 5.78 Å². The highest BCUT2D eigenvalue weighted by molar-refractivity contribution is 6.31. The van der Waals surface area contributed by atoms with E-state index in [0.717, 1.165) is 35.0 Å². The molecule has 0 radical (unpaired) electrons. The van der Waals surface area contributed by atoms with E-state index in [2.05, 4.69) is 9.88 Å². The molecule has 1 saturated heterocycles. The van der Waals surface area contributed by atoms with Crippen molar-refractivity contribution in [3.8, 4) is 11.1 Å². The van der Waals surface area contributed by atoms with Crippen LogP contribution < -0.4 is 4.90 Å². The molecule has 2 aliphatic rings. The molecule has 2 aromatic carbocycles. The second kappa shape index (κ2) is 9.79. The number of ketones is 1. The highest BCUT2D eigenvalue weighted by atomic mass is 35.5. The summed E-state index contributed by atoms with van der Waals surface area (Å²) in [5, 5.41) is 1.23. The predicted octanol–water partition coefficient (Wildman–Crippen LogP) is 4.81. The Morgan fingerprint density at radius 2 is 1.81 bits per heavy atom. The molecule has 0 bridgehead atoms. The van der Waals surface area contributed by atoms with Crippen molar-refractivity contribution in [1.29, 1.82) is 0 Å². The Kier molecular flexibility index (Phi) is 6.70. The zero-order valence-corrected chi connectivity index (χ0v) is 21.6. The molecule has 0 spiro atoms. The Bertz CT molecular complexity index is 1320. The molecule has 5 rings (SSSR count). The van der Waals surface area contributed by atoms with Gasteiger partial charge >= 0.3 is 0 Å². The molecule has 6 nitrogen and oxygen atoms in total. The van der Waals surface area contributed by atoms with Crippen LogP contribution in [0.4, 0.5) is 10.1 Å². The van der Waals surface area contributed by atoms with E-state index in [-0.39, 0.29) is 23.4 Å². The van der Waals surface area contributed by atoms with Crippen molar-refractivity contribution >= 4 is 39.9 Å². The molecule has 8 heteroatoms. The maximum atomic E-state index is 14.5. The number of pyridine rings is 1. The minimum Gasteiger partial charge on any atom is -0.367 e. The largest absolute Gasteiger partial charge is 0.367 e. The molecule has 1 amide bonds. The first-order valence-electron chi connectivity index (χ1n) is 12.3. The van der Waals surface area contributed by atoms with Gasteiger partial charge < -0.3 is 14.7 Å². The molecule has 0 N–H and O–H groups in total. The minimum atomic E-state index is -0.355. The number of likely N-dealkylation sites (N-methyl/N-ethyl adjacent to an activating group) is 1. The van der Waals surface area contributed by atoms with Crippen molar-refractivity contribution in [2.24, 2.45) is 5.92 Å². The second-order valence-corrected chi connectivity index (χ2v) is 10.5. The van der Waals surface area contributed by atoms with E-state index < -0.39 is 0 Å². The Balaban J connectivity index is 1.56. The lowest BCUT2D eigenvalue weighted by atomic mass is 9.97. The fraction of sp³-hybridized carbons (Fsp3) is 0.393. The summed E-state index contributed by atoms with van der Waals surface area (Å²) < 4.78 is 14.5. The molecule has 1 aliphatic heterocycles. The van der Waals surface area contributed by atoms with Gasteiger partial charge in [-0.25, -0.2) is 4.39 Å². The summed E-state index contributed by atoms with van der Waals surface area (Å²) in [6.45, 7) is 4.46.